The number of carbonyl (C=O) groups excluding carboxylic acids is 1. The summed E-state index contributed by atoms with van der Waals surface area (Å²) in [6.45, 7) is 1.87. The summed E-state index contributed by atoms with van der Waals surface area (Å²) in [5.41, 5.74) is 0.747. The van der Waals surface area contributed by atoms with Gasteiger partial charge in [0.25, 0.3) is 5.91 Å². The summed E-state index contributed by atoms with van der Waals surface area (Å²) in [4.78, 5) is 11.8. The van der Waals surface area contributed by atoms with Gasteiger partial charge in [-0.1, -0.05) is 6.07 Å². The molecule has 0 aliphatic carbocycles. The predicted molar refractivity (Wildman–Crippen MR) is 77.1 cm³/mol. The van der Waals surface area contributed by atoms with Crippen molar-refractivity contribution in [1.82, 2.24) is 10.6 Å². The fourth-order valence-electron chi connectivity index (χ4n) is 2.09. The molecule has 2 rings (SSSR count). The number of benzene rings is 1. The first-order valence-electron chi connectivity index (χ1n) is 6.03. The standard InChI is InChI=1S/C13H17IN2O/c14-11-4-1-3-10(9-11)13(17)16-8-6-12-5-2-7-15-12/h1,3-4,9,12,15H,2,5-8H2,(H,16,17)/t12-/m1/s1. The number of hydrogen-bond acceptors (Lipinski definition) is 2. The van der Waals surface area contributed by atoms with Gasteiger partial charge in [-0.05, 0) is 66.6 Å². The van der Waals surface area contributed by atoms with E-state index >= 15 is 0 Å². The second-order valence-corrected chi connectivity index (χ2v) is 5.59. The van der Waals surface area contributed by atoms with E-state index in [0.29, 0.717) is 6.04 Å². The molecule has 92 valence electrons. The minimum absolute atomic E-state index is 0.0292. The summed E-state index contributed by atoms with van der Waals surface area (Å²) < 4.78 is 1.09. The van der Waals surface area contributed by atoms with Gasteiger partial charge in [-0.2, -0.15) is 0 Å². The molecule has 0 bridgehead atoms. The molecule has 0 saturated carbocycles. The first kappa shape index (κ1) is 12.8. The van der Waals surface area contributed by atoms with Gasteiger partial charge < -0.3 is 10.6 Å². The maximum absolute atomic E-state index is 11.8. The molecule has 0 unspecified atom stereocenters. The van der Waals surface area contributed by atoms with Gasteiger partial charge in [-0.15, -0.1) is 0 Å². The van der Waals surface area contributed by atoms with Crippen LogP contribution in [0.1, 0.15) is 29.6 Å². The van der Waals surface area contributed by atoms with Crippen LogP contribution in [0.15, 0.2) is 24.3 Å². The van der Waals surface area contributed by atoms with Crippen molar-refractivity contribution < 1.29 is 4.79 Å². The topological polar surface area (TPSA) is 41.1 Å². The SMILES string of the molecule is O=C(NCC[C@H]1CCCN1)c1cccc(I)c1. The van der Waals surface area contributed by atoms with Gasteiger partial charge in [-0.25, -0.2) is 0 Å². The molecule has 1 saturated heterocycles. The van der Waals surface area contributed by atoms with E-state index in [1.165, 1.54) is 12.8 Å². The van der Waals surface area contributed by atoms with E-state index in [9.17, 15) is 4.79 Å². The Morgan fingerprint density at radius 2 is 2.41 bits per heavy atom. The summed E-state index contributed by atoms with van der Waals surface area (Å²) >= 11 is 2.22. The third-order valence-electron chi connectivity index (χ3n) is 3.03. The van der Waals surface area contributed by atoms with Gasteiger partial charge in [-0.3, -0.25) is 4.79 Å². The van der Waals surface area contributed by atoms with E-state index in [2.05, 4.69) is 33.2 Å². The third kappa shape index (κ3) is 3.96. The average molecular weight is 344 g/mol. The van der Waals surface area contributed by atoms with Crippen LogP contribution in [-0.4, -0.2) is 25.0 Å². The summed E-state index contributed by atoms with van der Waals surface area (Å²) in [6, 6.07) is 8.25. The Morgan fingerprint density at radius 3 is 3.12 bits per heavy atom. The van der Waals surface area contributed by atoms with E-state index in [-0.39, 0.29) is 5.91 Å². The van der Waals surface area contributed by atoms with Crippen LogP contribution >= 0.6 is 22.6 Å². The lowest BCUT2D eigenvalue weighted by molar-refractivity contribution is 0.0952. The lowest BCUT2D eigenvalue weighted by Crippen LogP contribution is -2.30. The molecular formula is C13H17IN2O. The molecule has 1 aliphatic heterocycles. The maximum atomic E-state index is 11.8. The van der Waals surface area contributed by atoms with Gasteiger partial charge in [0.2, 0.25) is 0 Å². The first-order chi connectivity index (χ1) is 8.25. The molecule has 1 aromatic carbocycles. The number of amides is 1. The zero-order valence-electron chi connectivity index (χ0n) is 9.71. The second kappa shape index (κ2) is 6.35. The van der Waals surface area contributed by atoms with Gasteiger partial charge in [0.05, 0.1) is 0 Å². The van der Waals surface area contributed by atoms with Crippen molar-refractivity contribution in [3.05, 3.63) is 33.4 Å². The predicted octanol–water partition coefficient (Wildman–Crippen LogP) is 2.16. The molecule has 4 heteroatoms. The molecule has 1 heterocycles. The van der Waals surface area contributed by atoms with Crippen LogP contribution in [0.5, 0.6) is 0 Å². The van der Waals surface area contributed by atoms with Crippen molar-refractivity contribution in [1.29, 1.82) is 0 Å². The quantitative estimate of drug-likeness (QED) is 0.822. The first-order valence-corrected chi connectivity index (χ1v) is 7.11. The Morgan fingerprint density at radius 1 is 1.53 bits per heavy atom. The molecule has 17 heavy (non-hydrogen) atoms. The second-order valence-electron chi connectivity index (χ2n) is 4.35. The van der Waals surface area contributed by atoms with Crippen LogP contribution < -0.4 is 10.6 Å². The van der Waals surface area contributed by atoms with E-state index < -0.39 is 0 Å². The molecule has 0 radical (unpaired) electrons. The Balaban J connectivity index is 1.77. The number of carbonyl (C=O) groups is 1. The summed E-state index contributed by atoms with van der Waals surface area (Å²) in [5, 5.41) is 6.40. The highest BCUT2D eigenvalue weighted by Crippen LogP contribution is 2.09. The summed E-state index contributed by atoms with van der Waals surface area (Å²) in [5.74, 6) is 0.0292. The Bertz CT molecular complexity index is 389. The van der Waals surface area contributed by atoms with Crippen LogP contribution in [0, 0.1) is 3.57 Å². The Kier molecular flexibility index (Phi) is 4.79. The molecular weight excluding hydrogens is 327 g/mol. The lowest BCUT2D eigenvalue weighted by atomic mass is 10.1. The number of halogens is 1. The summed E-state index contributed by atoms with van der Waals surface area (Å²) in [6.07, 6.45) is 3.52. The van der Waals surface area contributed by atoms with Gasteiger partial charge >= 0.3 is 0 Å². The van der Waals surface area contributed by atoms with Crippen molar-refractivity contribution in [2.75, 3.05) is 13.1 Å². The average Bonchev–Trinajstić information content (AvgIpc) is 2.82. The van der Waals surface area contributed by atoms with Crippen LogP contribution in [0.2, 0.25) is 0 Å². The molecule has 1 aromatic rings. The van der Waals surface area contributed by atoms with E-state index in [1.54, 1.807) is 0 Å². The molecule has 1 aliphatic rings. The molecule has 1 amide bonds. The molecule has 2 N–H and O–H groups in total. The van der Waals surface area contributed by atoms with Crippen LogP contribution in [0.4, 0.5) is 0 Å². The normalized spacial score (nSPS) is 19.2. The van der Waals surface area contributed by atoms with E-state index in [0.717, 1.165) is 28.6 Å². The number of hydrogen-bond donors (Lipinski definition) is 2. The maximum Gasteiger partial charge on any atom is 0.251 e. The van der Waals surface area contributed by atoms with Crippen LogP contribution in [-0.2, 0) is 0 Å². The zero-order valence-corrected chi connectivity index (χ0v) is 11.9. The Hall–Kier alpha value is -0.620. The third-order valence-corrected chi connectivity index (χ3v) is 3.70. The van der Waals surface area contributed by atoms with Crippen molar-refractivity contribution >= 4 is 28.5 Å². The number of nitrogens with one attached hydrogen (secondary N) is 2. The highest BCUT2D eigenvalue weighted by atomic mass is 127. The van der Waals surface area contributed by atoms with E-state index in [1.807, 2.05) is 24.3 Å². The van der Waals surface area contributed by atoms with Crippen molar-refractivity contribution in [2.45, 2.75) is 25.3 Å². The highest BCUT2D eigenvalue weighted by Gasteiger charge is 2.13. The van der Waals surface area contributed by atoms with Gasteiger partial charge in [0.1, 0.15) is 0 Å². The molecule has 1 atom stereocenters. The smallest absolute Gasteiger partial charge is 0.251 e. The Labute approximate surface area is 116 Å². The van der Waals surface area contributed by atoms with Crippen LogP contribution in [0.3, 0.4) is 0 Å². The molecule has 1 fully saturated rings. The fraction of sp³-hybridized carbons (Fsp3) is 0.462. The number of rotatable bonds is 4. The van der Waals surface area contributed by atoms with Gasteiger partial charge in [0.15, 0.2) is 0 Å². The minimum Gasteiger partial charge on any atom is -0.352 e. The van der Waals surface area contributed by atoms with Gasteiger partial charge in [0, 0.05) is 21.7 Å². The zero-order chi connectivity index (χ0) is 12.1. The minimum atomic E-state index is 0.0292. The lowest BCUT2D eigenvalue weighted by Gasteiger charge is -2.10. The fourth-order valence-corrected chi connectivity index (χ4v) is 2.64. The molecule has 0 aromatic heterocycles. The molecule has 3 nitrogen and oxygen atoms in total. The summed E-state index contributed by atoms with van der Waals surface area (Å²) in [7, 11) is 0. The van der Waals surface area contributed by atoms with Crippen molar-refractivity contribution in [3.63, 3.8) is 0 Å². The largest absolute Gasteiger partial charge is 0.352 e. The van der Waals surface area contributed by atoms with Crippen molar-refractivity contribution in [3.8, 4) is 0 Å². The monoisotopic (exact) mass is 344 g/mol. The van der Waals surface area contributed by atoms with E-state index in [4.69, 9.17) is 0 Å². The van der Waals surface area contributed by atoms with Crippen molar-refractivity contribution in [2.24, 2.45) is 0 Å². The highest BCUT2D eigenvalue weighted by molar-refractivity contribution is 14.1. The molecule has 0 spiro atoms. The van der Waals surface area contributed by atoms with Crippen LogP contribution in [0.25, 0.3) is 0 Å².